The molecule has 0 amide bonds. The largest absolute Gasteiger partial charge is 0.390 e. The third kappa shape index (κ3) is 2.54. The van der Waals surface area contributed by atoms with Crippen molar-refractivity contribution in [1.29, 1.82) is 0 Å². The van der Waals surface area contributed by atoms with E-state index in [9.17, 15) is 0 Å². The summed E-state index contributed by atoms with van der Waals surface area (Å²) < 4.78 is 0. The van der Waals surface area contributed by atoms with Gasteiger partial charge in [-0.3, -0.25) is 0 Å². The monoisotopic (exact) mass is 109 g/mol. The van der Waals surface area contributed by atoms with E-state index in [1.165, 1.54) is 0 Å². The van der Waals surface area contributed by atoms with Crippen LogP contribution in [0.1, 0.15) is 0 Å². The zero-order valence-corrected chi connectivity index (χ0v) is 4.23. The number of rotatable bonds is 2. The minimum atomic E-state index is -0.965. The minimum Gasteiger partial charge on any atom is -0.390 e. The number of nitrogens with two attached hydrogens (primary N) is 1. The van der Waals surface area contributed by atoms with Crippen LogP contribution in [0, 0.1) is 0 Å². The lowest BCUT2D eigenvalue weighted by Gasteiger charge is -1.98. The summed E-state index contributed by atoms with van der Waals surface area (Å²) in [4.78, 5) is 0. The molecule has 0 unspecified atom stereocenters. The molecule has 0 rings (SSSR count). The molecular formula is C2H8NO2P. The van der Waals surface area contributed by atoms with Gasteiger partial charge in [0.1, 0.15) is 0 Å². The number of hydrogen-bond acceptors (Lipinski definition) is 3. The molecule has 0 atom stereocenters. The van der Waals surface area contributed by atoms with Crippen LogP contribution in [0.2, 0.25) is 0 Å². The lowest BCUT2D eigenvalue weighted by atomic mass is 11.7. The summed E-state index contributed by atoms with van der Waals surface area (Å²) in [6, 6.07) is 0. The van der Waals surface area contributed by atoms with Gasteiger partial charge in [-0.2, -0.15) is 0 Å². The molecule has 0 saturated carbocycles. The van der Waals surface area contributed by atoms with Crippen molar-refractivity contribution in [2.24, 2.45) is 5.50 Å². The van der Waals surface area contributed by atoms with Crippen molar-refractivity contribution < 1.29 is 10.2 Å². The van der Waals surface area contributed by atoms with Gasteiger partial charge < -0.3 is 15.7 Å². The van der Waals surface area contributed by atoms with Crippen LogP contribution in [-0.4, -0.2) is 22.9 Å². The average molecular weight is 109 g/mol. The first-order chi connectivity index (χ1) is 2.81. The molecule has 4 heteroatoms. The van der Waals surface area contributed by atoms with Crippen LogP contribution < -0.4 is 5.50 Å². The van der Waals surface area contributed by atoms with Gasteiger partial charge in [-0.05, 0) is 0 Å². The van der Waals surface area contributed by atoms with Gasteiger partial charge in [0.15, 0.2) is 0 Å². The molecule has 0 aliphatic carbocycles. The molecule has 0 bridgehead atoms. The maximum atomic E-state index is 8.08. The highest BCUT2D eigenvalue weighted by Gasteiger charge is 1.91. The van der Waals surface area contributed by atoms with Crippen molar-refractivity contribution in [3.05, 3.63) is 0 Å². The zero-order valence-electron chi connectivity index (χ0n) is 3.33. The molecule has 0 aromatic carbocycles. The van der Waals surface area contributed by atoms with E-state index in [0.29, 0.717) is 0 Å². The van der Waals surface area contributed by atoms with E-state index in [1.807, 2.05) is 0 Å². The van der Waals surface area contributed by atoms with Gasteiger partial charge in [0.05, 0.1) is 12.7 Å². The average Bonchev–Trinajstić information content (AvgIpc) is 1.65. The van der Waals surface area contributed by atoms with E-state index in [1.54, 1.807) is 0 Å². The summed E-state index contributed by atoms with van der Waals surface area (Å²) in [7, 11) is -0.965. The Balaban J connectivity index is 2.75. The van der Waals surface area contributed by atoms with Crippen LogP contribution in [0.25, 0.3) is 0 Å². The molecular weight excluding hydrogens is 101 g/mol. The Morgan fingerprint density at radius 2 is 1.67 bits per heavy atom. The summed E-state index contributed by atoms with van der Waals surface area (Å²) in [6.07, 6.45) is -0.155. The Bertz CT molecular complexity index is 30.7. The molecule has 38 valence electrons. The molecule has 0 spiro atoms. The first kappa shape index (κ1) is 6.31. The molecule has 4 N–H and O–H groups in total. The van der Waals surface area contributed by atoms with E-state index in [2.05, 4.69) is 0 Å². The molecule has 0 aliphatic rings. The van der Waals surface area contributed by atoms with E-state index >= 15 is 0 Å². The van der Waals surface area contributed by atoms with Gasteiger partial charge in [0.25, 0.3) is 0 Å². The molecule has 6 heavy (non-hydrogen) atoms. The lowest BCUT2D eigenvalue weighted by Crippen LogP contribution is -1.95. The summed E-state index contributed by atoms with van der Waals surface area (Å²) >= 11 is 0. The van der Waals surface area contributed by atoms with Crippen LogP contribution in [0.3, 0.4) is 0 Å². The fraction of sp³-hybridized carbons (Fsp3) is 1.00. The Labute approximate surface area is 37.6 Å². The number of hydrogen-bond donors (Lipinski definition) is 3. The van der Waals surface area contributed by atoms with E-state index < -0.39 is 8.07 Å². The topological polar surface area (TPSA) is 66.5 Å². The molecule has 0 aromatic heterocycles. The second kappa shape index (κ2) is 3.50. The quantitative estimate of drug-likeness (QED) is 0.408. The first-order valence-corrected chi connectivity index (χ1v) is 3.30. The van der Waals surface area contributed by atoms with Crippen LogP contribution in [0.4, 0.5) is 0 Å². The maximum absolute atomic E-state index is 8.08. The van der Waals surface area contributed by atoms with Crippen LogP contribution in [-0.2, 0) is 0 Å². The predicted octanol–water partition coefficient (Wildman–Crippen LogP) is -0.758. The second-order valence-electron chi connectivity index (χ2n) is 0.872. The molecule has 0 aromatic rings. The highest BCUT2D eigenvalue weighted by Crippen LogP contribution is 2.18. The Morgan fingerprint density at radius 3 is 1.67 bits per heavy atom. The molecule has 3 nitrogen and oxygen atoms in total. The summed E-state index contributed by atoms with van der Waals surface area (Å²) in [5.41, 5.74) is 5.04. The smallest absolute Gasteiger partial charge is 0.0778 e. The summed E-state index contributed by atoms with van der Waals surface area (Å²) in [5.74, 6) is 0. The third-order valence-corrected chi connectivity index (χ3v) is 1.09. The van der Waals surface area contributed by atoms with Crippen molar-refractivity contribution in [1.82, 2.24) is 0 Å². The highest BCUT2D eigenvalue weighted by molar-refractivity contribution is 7.54. The van der Waals surface area contributed by atoms with Gasteiger partial charge in [-0.25, -0.2) is 0 Å². The lowest BCUT2D eigenvalue weighted by molar-refractivity contribution is 0.343. The molecule has 0 heterocycles. The Kier molecular flexibility index (Phi) is 3.68. The minimum absolute atomic E-state index is 0.0775. The summed E-state index contributed by atoms with van der Waals surface area (Å²) in [5, 5.41) is 16.2. The Hall–Kier alpha value is 0.310. The number of aliphatic hydroxyl groups is 2. The van der Waals surface area contributed by atoms with Gasteiger partial charge >= 0.3 is 0 Å². The van der Waals surface area contributed by atoms with Crippen molar-refractivity contribution >= 4 is 8.07 Å². The summed E-state index contributed by atoms with van der Waals surface area (Å²) in [6.45, 7) is 0. The predicted molar refractivity (Wildman–Crippen MR) is 25.3 cm³/mol. The van der Waals surface area contributed by atoms with Gasteiger partial charge in [0.2, 0.25) is 0 Å². The first-order valence-electron chi connectivity index (χ1n) is 1.52. The molecule has 0 radical (unpaired) electrons. The maximum Gasteiger partial charge on any atom is 0.0778 e. The third-order valence-electron chi connectivity index (χ3n) is 0.363. The molecule has 0 saturated heterocycles. The van der Waals surface area contributed by atoms with Crippen molar-refractivity contribution in [3.63, 3.8) is 0 Å². The van der Waals surface area contributed by atoms with E-state index in [4.69, 9.17) is 15.7 Å². The second-order valence-corrected chi connectivity index (χ2v) is 2.61. The van der Waals surface area contributed by atoms with Crippen LogP contribution in [0.15, 0.2) is 0 Å². The van der Waals surface area contributed by atoms with Gasteiger partial charge in [-0.1, -0.05) is 0 Å². The van der Waals surface area contributed by atoms with E-state index in [0.717, 1.165) is 0 Å². The standard InChI is InChI=1S/C2H8NO2P/c3-6(1-4)2-5/h4-5H,1-3H2. The zero-order chi connectivity index (χ0) is 4.99. The molecule has 0 aliphatic heterocycles. The van der Waals surface area contributed by atoms with Gasteiger partial charge in [-0.15, -0.1) is 0 Å². The Morgan fingerprint density at radius 1 is 1.33 bits per heavy atom. The van der Waals surface area contributed by atoms with Crippen LogP contribution >= 0.6 is 8.07 Å². The van der Waals surface area contributed by atoms with Crippen molar-refractivity contribution in [2.75, 3.05) is 12.7 Å². The number of aliphatic hydroxyl groups excluding tert-OH is 2. The molecule has 0 fully saturated rings. The van der Waals surface area contributed by atoms with Crippen molar-refractivity contribution in [3.8, 4) is 0 Å². The highest BCUT2D eigenvalue weighted by atomic mass is 31.1. The SMILES string of the molecule is NP(CO)CO. The van der Waals surface area contributed by atoms with Gasteiger partial charge in [0, 0.05) is 8.07 Å². The normalized spacial score (nSPS) is 10.0. The fourth-order valence-electron chi connectivity index (χ4n) is 0.0447. The van der Waals surface area contributed by atoms with Crippen LogP contribution in [0.5, 0.6) is 0 Å². The van der Waals surface area contributed by atoms with E-state index in [-0.39, 0.29) is 12.7 Å². The van der Waals surface area contributed by atoms with Crippen molar-refractivity contribution in [2.45, 2.75) is 0 Å². The fourth-order valence-corrected chi connectivity index (χ4v) is 0.134.